The number of hydrogen-bond acceptors (Lipinski definition) is 9. The van der Waals surface area contributed by atoms with Crippen LogP contribution in [-0.2, 0) is 32.3 Å². The SMILES string of the molecule is CC(C)C[C@H](O)[C@H](O)[C@H](CC1CCCCC1)NC(=O)[C@H](Cc1cscn1)NC(=O)[C@H](Cc1ccccc1)CS(=O)(=O)C1CN(C)C1. The van der Waals surface area contributed by atoms with Gasteiger partial charge in [0.05, 0.1) is 40.3 Å². The molecule has 1 aliphatic heterocycles. The molecule has 4 rings (SSSR count). The summed E-state index contributed by atoms with van der Waals surface area (Å²) in [5.41, 5.74) is 3.11. The molecule has 2 aromatic rings. The lowest BCUT2D eigenvalue weighted by Gasteiger charge is -2.36. The molecule has 46 heavy (non-hydrogen) atoms. The maximum absolute atomic E-state index is 14.0. The van der Waals surface area contributed by atoms with Gasteiger partial charge in [0.2, 0.25) is 11.8 Å². The van der Waals surface area contributed by atoms with E-state index in [1.807, 2.05) is 61.5 Å². The number of likely N-dealkylation sites (tertiary alicyclic amines) is 1. The van der Waals surface area contributed by atoms with Crippen molar-refractivity contribution in [3.05, 3.63) is 52.5 Å². The molecule has 1 aromatic carbocycles. The number of hydrogen-bond donors (Lipinski definition) is 4. The number of aliphatic hydroxyl groups is 2. The molecule has 1 saturated carbocycles. The van der Waals surface area contributed by atoms with Gasteiger partial charge < -0.3 is 25.7 Å². The third kappa shape index (κ3) is 10.8. The van der Waals surface area contributed by atoms with Crippen LogP contribution in [0, 0.1) is 17.8 Å². The summed E-state index contributed by atoms with van der Waals surface area (Å²) < 4.78 is 26.7. The molecule has 4 N–H and O–H groups in total. The molecule has 256 valence electrons. The van der Waals surface area contributed by atoms with Crippen LogP contribution in [0.2, 0.25) is 0 Å². The molecule has 0 unspecified atom stereocenters. The zero-order valence-corrected chi connectivity index (χ0v) is 29.0. The molecule has 2 amide bonds. The molecule has 0 bridgehead atoms. The first kappa shape index (κ1) is 36.5. The van der Waals surface area contributed by atoms with Gasteiger partial charge in [-0.1, -0.05) is 76.3 Å². The van der Waals surface area contributed by atoms with Crippen molar-refractivity contribution >= 4 is 33.0 Å². The Morgan fingerprint density at radius 3 is 2.33 bits per heavy atom. The van der Waals surface area contributed by atoms with Crippen molar-refractivity contribution in [2.45, 2.75) is 101 Å². The highest BCUT2D eigenvalue weighted by molar-refractivity contribution is 7.92. The fourth-order valence-corrected chi connectivity index (χ4v) is 9.33. The standard InChI is InChI=1S/C34H52N4O6S2/c1-23(2)14-31(39)32(40)29(16-25-12-8-5-9-13-25)36-34(42)30(17-27-20-45-22-35-27)37-33(41)26(15-24-10-6-4-7-11-24)21-46(43,44)28-18-38(3)19-28/h4,6-7,10-11,20,22-23,25-26,28-32,39-40H,5,8-9,12-19,21H2,1-3H3,(H,36,42)(H,37,41)/t26-,29+,30+,31+,32-/m1/s1. The Bertz CT molecular complexity index is 1330. The number of sulfone groups is 1. The summed E-state index contributed by atoms with van der Waals surface area (Å²) in [6.45, 7) is 4.81. The second-order valence-corrected chi connectivity index (χ2v) is 16.9. The Balaban J connectivity index is 1.55. The van der Waals surface area contributed by atoms with Crippen molar-refractivity contribution in [2.24, 2.45) is 17.8 Å². The smallest absolute Gasteiger partial charge is 0.243 e. The van der Waals surface area contributed by atoms with Crippen LogP contribution in [0.4, 0.5) is 0 Å². The summed E-state index contributed by atoms with van der Waals surface area (Å²) in [7, 11) is -1.70. The lowest BCUT2D eigenvalue weighted by atomic mass is 9.82. The molecule has 2 fully saturated rings. The van der Waals surface area contributed by atoms with Crippen LogP contribution in [0.3, 0.4) is 0 Å². The first-order valence-corrected chi connectivity index (χ1v) is 19.3. The van der Waals surface area contributed by atoms with Crippen LogP contribution in [-0.4, -0.2) is 95.8 Å². The van der Waals surface area contributed by atoms with E-state index in [-0.39, 0.29) is 24.5 Å². The van der Waals surface area contributed by atoms with Gasteiger partial charge in [0.15, 0.2) is 9.84 Å². The fourth-order valence-electron chi connectivity index (χ4n) is 6.70. The van der Waals surface area contributed by atoms with Gasteiger partial charge in [0.25, 0.3) is 0 Å². The molecular formula is C34H52N4O6S2. The Kier molecular flexibility index (Phi) is 13.6. The minimum Gasteiger partial charge on any atom is -0.390 e. The monoisotopic (exact) mass is 676 g/mol. The van der Waals surface area contributed by atoms with Crippen molar-refractivity contribution in [2.75, 3.05) is 25.9 Å². The lowest BCUT2D eigenvalue weighted by molar-refractivity contribution is -0.132. The minimum atomic E-state index is -3.57. The molecule has 1 aliphatic carbocycles. The van der Waals surface area contributed by atoms with Gasteiger partial charge in [-0.15, -0.1) is 11.3 Å². The summed E-state index contributed by atoms with van der Waals surface area (Å²) in [5, 5.41) is 29.3. The molecule has 1 saturated heterocycles. The Morgan fingerprint density at radius 1 is 1.02 bits per heavy atom. The highest BCUT2D eigenvalue weighted by atomic mass is 32.2. The second-order valence-electron chi connectivity index (χ2n) is 13.8. The Hall–Kier alpha value is -2.38. The number of amides is 2. The second kappa shape index (κ2) is 17.1. The van der Waals surface area contributed by atoms with Crippen LogP contribution < -0.4 is 10.6 Å². The predicted octanol–water partition coefficient (Wildman–Crippen LogP) is 2.98. The molecule has 2 heterocycles. The van der Waals surface area contributed by atoms with E-state index in [4.69, 9.17) is 0 Å². The van der Waals surface area contributed by atoms with Gasteiger partial charge in [-0.2, -0.15) is 0 Å². The molecule has 12 heteroatoms. The molecule has 0 radical (unpaired) electrons. The van der Waals surface area contributed by atoms with Crippen LogP contribution in [0.15, 0.2) is 41.2 Å². The zero-order chi connectivity index (χ0) is 33.3. The first-order chi connectivity index (χ1) is 21.9. The topological polar surface area (TPSA) is 149 Å². The van der Waals surface area contributed by atoms with E-state index in [1.54, 1.807) is 5.51 Å². The van der Waals surface area contributed by atoms with Crippen molar-refractivity contribution in [1.29, 1.82) is 0 Å². The maximum Gasteiger partial charge on any atom is 0.243 e. The summed E-state index contributed by atoms with van der Waals surface area (Å²) in [6, 6.07) is 7.55. The normalized spacial score (nSPS) is 20.0. The highest BCUT2D eigenvalue weighted by Crippen LogP contribution is 2.29. The quantitative estimate of drug-likeness (QED) is 0.200. The summed E-state index contributed by atoms with van der Waals surface area (Å²) in [4.78, 5) is 34.2. The average molecular weight is 677 g/mol. The van der Waals surface area contributed by atoms with E-state index < -0.39 is 57.1 Å². The molecule has 0 spiro atoms. The van der Waals surface area contributed by atoms with Crippen molar-refractivity contribution < 1.29 is 28.2 Å². The number of nitrogens with zero attached hydrogens (tertiary/aromatic N) is 2. The van der Waals surface area contributed by atoms with Gasteiger partial charge in [0.1, 0.15) is 12.1 Å². The molecule has 5 atom stereocenters. The van der Waals surface area contributed by atoms with Gasteiger partial charge in [-0.3, -0.25) is 9.59 Å². The van der Waals surface area contributed by atoms with E-state index in [2.05, 4.69) is 15.6 Å². The summed E-state index contributed by atoms with van der Waals surface area (Å²) >= 11 is 1.38. The van der Waals surface area contributed by atoms with Crippen molar-refractivity contribution in [3.8, 4) is 0 Å². The fraction of sp³-hybridized carbons (Fsp3) is 0.676. The van der Waals surface area contributed by atoms with Crippen LogP contribution in [0.5, 0.6) is 0 Å². The number of carbonyl (C=O) groups is 2. The van der Waals surface area contributed by atoms with Crippen molar-refractivity contribution in [1.82, 2.24) is 20.5 Å². The number of aromatic nitrogens is 1. The van der Waals surface area contributed by atoms with Crippen molar-refractivity contribution in [3.63, 3.8) is 0 Å². The Labute approximate surface area is 278 Å². The molecule has 1 aromatic heterocycles. The number of benzene rings is 1. The summed E-state index contributed by atoms with van der Waals surface area (Å²) in [5.74, 6) is -1.75. The largest absolute Gasteiger partial charge is 0.390 e. The number of rotatable bonds is 17. The van der Waals surface area contributed by atoms with E-state index in [1.165, 1.54) is 17.8 Å². The van der Waals surface area contributed by atoms with E-state index in [9.17, 15) is 28.2 Å². The number of carbonyl (C=O) groups excluding carboxylic acids is 2. The van der Waals surface area contributed by atoms with Gasteiger partial charge in [-0.25, -0.2) is 13.4 Å². The van der Waals surface area contributed by atoms with Gasteiger partial charge in [0, 0.05) is 24.9 Å². The highest BCUT2D eigenvalue weighted by Gasteiger charge is 2.39. The van der Waals surface area contributed by atoms with Crippen LogP contribution in [0.25, 0.3) is 0 Å². The molecule has 10 nitrogen and oxygen atoms in total. The molecule has 2 aliphatic rings. The van der Waals surface area contributed by atoms with E-state index in [0.29, 0.717) is 37.5 Å². The Morgan fingerprint density at radius 2 is 1.72 bits per heavy atom. The average Bonchev–Trinajstić information content (AvgIpc) is 3.52. The number of nitrogens with one attached hydrogen (secondary N) is 2. The number of thiazole rings is 1. The first-order valence-electron chi connectivity index (χ1n) is 16.7. The number of aliphatic hydroxyl groups excluding tert-OH is 2. The van der Waals surface area contributed by atoms with E-state index >= 15 is 0 Å². The third-order valence-electron chi connectivity index (χ3n) is 9.36. The minimum absolute atomic E-state index is 0.111. The third-order valence-corrected chi connectivity index (χ3v) is 12.2. The zero-order valence-electron chi connectivity index (χ0n) is 27.4. The lowest BCUT2D eigenvalue weighted by Crippen LogP contribution is -2.57. The van der Waals surface area contributed by atoms with Crippen LogP contribution >= 0.6 is 11.3 Å². The van der Waals surface area contributed by atoms with Gasteiger partial charge in [-0.05, 0) is 43.7 Å². The maximum atomic E-state index is 14.0. The molecular weight excluding hydrogens is 625 g/mol. The van der Waals surface area contributed by atoms with E-state index in [0.717, 1.165) is 31.2 Å². The van der Waals surface area contributed by atoms with Crippen LogP contribution in [0.1, 0.15) is 70.1 Å². The summed E-state index contributed by atoms with van der Waals surface area (Å²) in [6.07, 6.45) is 4.45. The van der Waals surface area contributed by atoms with Gasteiger partial charge >= 0.3 is 0 Å². The predicted molar refractivity (Wildman–Crippen MR) is 181 cm³/mol.